The van der Waals surface area contributed by atoms with E-state index < -0.39 is 5.97 Å². The van der Waals surface area contributed by atoms with E-state index in [1.54, 1.807) is 13.8 Å². The minimum atomic E-state index is -1.05. The molecule has 2 unspecified atom stereocenters. The molecular weight excluding hydrogens is 242 g/mol. The molecule has 1 fully saturated rings. The average molecular weight is 253 g/mol. The van der Waals surface area contributed by atoms with Crippen LogP contribution in [0, 0.1) is 11.8 Å². The van der Waals surface area contributed by atoms with Crippen molar-refractivity contribution >= 4 is 34.1 Å². The van der Waals surface area contributed by atoms with E-state index >= 15 is 0 Å². The van der Waals surface area contributed by atoms with Gasteiger partial charge in [0.2, 0.25) is 11.8 Å². The lowest BCUT2D eigenvalue weighted by Gasteiger charge is -2.10. The molecule has 90 valence electrons. The number of carbonyl (C=O) groups excluding carboxylic acids is 2. The number of carbonyl (C=O) groups is 3. The normalized spacial score (nSPS) is 24.5. The van der Waals surface area contributed by atoms with Gasteiger partial charge in [-0.2, -0.15) is 0 Å². The van der Waals surface area contributed by atoms with Crippen LogP contribution in [0.25, 0.3) is 0 Å². The molecule has 0 spiro atoms. The van der Waals surface area contributed by atoms with Gasteiger partial charge in [0.25, 0.3) is 0 Å². The summed E-state index contributed by atoms with van der Waals surface area (Å²) in [4.78, 5) is 35.7. The molecule has 2 heterocycles. The van der Waals surface area contributed by atoms with E-state index in [2.05, 4.69) is 0 Å². The second kappa shape index (κ2) is 3.96. The monoisotopic (exact) mass is 253 g/mol. The number of aromatic carboxylic acids is 1. The number of rotatable bonds is 2. The van der Waals surface area contributed by atoms with E-state index in [4.69, 9.17) is 5.11 Å². The van der Waals surface area contributed by atoms with E-state index in [1.807, 2.05) is 0 Å². The van der Waals surface area contributed by atoms with E-state index in [0.717, 1.165) is 16.2 Å². The molecule has 5 nitrogen and oxygen atoms in total. The van der Waals surface area contributed by atoms with Gasteiger partial charge in [-0.15, -0.1) is 11.3 Å². The Labute approximate surface area is 102 Å². The minimum absolute atomic E-state index is 0.118. The largest absolute Gasteiger partial charge is 0.477 e. The van der Waals surface area contributed by atoms with Gasteiger partial charge in [-0.1, -0.05) is 13.8 Å². The number of imide groups is 1. The first-order valence-electron chi connectivity index (χ1n) is 5.14. The quantitative estimate of drug-likeness (QED) is 0.812. The topological polar surface area (TPSA) is 74.7 Å². The predicted molar refractivity (Wildman–Crippen MR) is 62.1 cm³/mol. The van der Waals surface area contributed by atoms with Gasteiger partial charge in [0.15, 0.2) is 0 Å². The third-order valence-electron chi connectivity index (χ3n) is 2.99. The Morgan fingerprint density at radius 3 is 2.18 bits per heavy atom. The fourth-order valence-electron chi connectivity index (χ4n) is 1.72. The molecule has 0 aromatic carbocycles. The smallest absolute Gasteiger partial charge is 0.345 e. The van der Waals surface area contributed by atoms with Gasteiger partial charge < -0.3 is 5.11 Å². The highest BCUT2D eigenvalue weighted by Gasteiger charge is 2.43. The molecule has 0 saturated carbocycles. The molecule has 17 heavy (non-hydrogen) atoms. The van der Waals surface area contributed by atoms with Gasteiger partial charge in [0.1, 0.15) is 9.88 Å². The summed E-state index contributed by atoms with van der Waals surface area (Å²) in [6.45, 7) is 3.41. The van der Waals surface area contributed by atoms with Crippen LogP contribution in [-0.4, -0.2) is 22.9 Å². The summed E-state index contributed by atoms with van der Waals surface area (Å²) in [5.41, 5.74) is 0. The molecule has 1 aliphatic heterocycles. The number of hydrogen-bond acceptors (Lipinski definition) is 4. The zero-order valence-electron chi connectivity index (χ0n) is 9.34. The third kappa shape index (κ3) is 1.74. The lowest BCUT2D eigenvalue weighted by Crippen LogP contribution is -2.29. The van der Waals surface area contributed by atoms with Crippen molar-refractivity contribution in [2.24, 2.45) is 11.8 Å². The van der Waals surface area contributed by atoms with Crippen molar-refractivity contribution < 1.29 is 19.5 Å². The van der Waals surface area contributed by atoms with Crippen LogP contribution in [0.15, 0.2) is 12.1 Å². The maximum Gasteiger partial charge on any atom is 0.345 e. The molecule has 1 aromatic heterocycles. The SMILES string of the molecule is CC1C(=O)N(c2ccc(C(=O)O)s2)C(=O)C1C. The second-order valence-corrected chi connectivity index (χ2v) is 5.09. The van der Waals surface area contributed by atoms with Crippen LogP contribution in [0.1, 0.15) is 23.5 Å². The lowest BCUT2D eigenvalue weighted by atomic mass is 10.00. The van der Waals surface area contributed by atoms with Crippen LogP contribution in [0.3, 0.4) is 0 Å². The van der Waals surface area contributed by atoms with Gasteiger partial charge in [0, 0.05) is 11.8 Å². The number of thiophene rings is 1. The van der Waals surface area contributed by atoms with Crippen molar-refractivity contribution in [2.75, 3.05) is 4.90 Å². The Kier molecular flexibility index (Phi) is 2.74. The van der Waals surface area contributed by atoms with Gasteiger partial charge in [0.05, 0.1) is 0 Å². The molecule has 6 heteroatoms. The minimum Gasteiger partial charge on any atom is -0.477 e. The van der Waals surface area contributed by atoms with Crippen LogP contribution in [0.4, 0.5) is 5.00 Å². The van der Waals surface area contributed by atoms with Crippen molar-refractivity contribution in [3.8, 4) is 0 Å². The van der Waals surface area contributed by atoms with Crippen LogP contribution in [0.2, 0.25) is 0 Å². The Balaban J connectivity index is 2.37. The molecule has 1 N–H and O–H groups in total. The summed E-state index contributed by atoms with van der Waals surface area (Å²) >= 11 is 0.935. The number of amides is 2. The maximum atomic E-state index is 11.9. The molecular formula is C11H11NO4S. The Bertz CT molecular complexity index is 487. The Morgan fingerprint density at radius 1 is 1.24 bits per heavy atom. The first-order chi connectivity index (χ1) is 7.93. The van der Waals surface area contributed by atoms with Crippen molar-refractivity contribution in [2.45, 2.75) is 13.8 Å². The Hall–Kier alpha value is -1.69. The fraction of sp³-hybridized carbons (Fsp3) is 0.364. The van der Waals surface area contributed by atoms with Crippen molar-refractivity contribution in [1.82, 2.24) is 0 Å². The molecule has 0 bridgehead atoms. The summed E-state index contributed by atoms with van der Waals surface area (Å²) in [5.74, 6) is -2.28. The zero-order valence-corrected chi connectivity index (χ0v) is 10.2. The molecule has 2 amide bonds. The van der Waals surface area contributed by atoms with Crippen molar-refractivity contribution in [3.63, 3.8) is 0 Å². The summed E-state index contributed by atoms with van der Waals surface area (Å²) < 4.78 is 0. The molecule has 2 rings (SSSR count). The Morgan fingerprint density at radius 2 is 1.76 bits per heavy atom. The standard InChI is InChI=1S/C11H11NO4S/c1-5-6(2)10(14)12(9(5)13)8-4-3-7(17-8)11(15)16/h3-6H,1-2H3,(H,15,16). The van der Waals surface area contributed by atoms with Gasteiger partial charge >= 0.3 is 5.97 Å². The number of carboxylic acid groups (broad SMARTS) is 1. The summed E-state index contributed by atoms with van der Waals surface area (Å²) in [6.07, 6.45) is 0. The van der Waals surface area contributed by atoms with Gasteiger partial charge in [-0.25, -0.2) is 9.69 Å². The zero-order chi connectivity index (χ0) is 12.7. The van der Waals surface area contributed by atoms with Crippen molar-refractivity contribution in [3.05, 3.63) is 17.0 Å². The van der Waals surface area contributed by atoms with Gasteiger partial charge in [-0.05, 0) is 12.1 Å². The molecule has 0 aliphatic carbocycles. The summed E-state index contributed by atoms with van der Waals surface area (Å²) in [6, 6.07) is 2.89. The highest BCUT2D eigenvalue weighted by atomic mass is 32.1. The average Bonchev–Trinajstić information content (AvgIpc) is 2.81. The highest BCUT2D eigenvalue weighted by molar-refractivity contribution is 7.18. The predicted octanol–water partition coefficient (Wildman–Crippen LogP) is 1.59. The first-order valence-corrected chi connectivity index (χ1v) is 5.96. The van der Waals surface area contributed by atoms with E-state index in [9.17, 15) is 14.4 Å². The van der Waals surface area contributed by atoms with E-state index in [0.29, 0.717) is 5.00 Å². The summed E-state index contributed by atoms with van der Waals surface area (Å²) in [7, 11) is 0. The number of carboxylic acids is 1. The van der Waals surface area contributed by atoms with Crippen LogP contribution < -0.4 is 4.90 Å². The number of nitrogens with zero attached hydrogens (tertiary/aromatic N) is 1. The van der Waals surface area contributed by atoms with Crippen LogP contribution >= 0.6 is 11.3 Å². The number of hydrogen-bond donors (Lipinski definition) is 1. The van der Waals surface area contributed by atoms with E-state index in [-0.39, 0.29) is 28.5 Å². The van der Waals surface area contributed by atoms with E-state index in [1.165, 1.54) is 12.1 Å². The fourth-order valence-corrected chi connectivity index (χ4v) is 2.58. The first kappa shape index (κ1) is 11.8. The molecule has 1 aromatic rings. The molecule has 1 aliphatic rings. The maximum absolute atomic E-state index is 11.9. The van der Waals surface area contributed by atoms with Crippen molar-refractivity contribution in [1.29, 1.82) is 0 Å². The molecule has 1 saturated heterocycles. The molecule has 0 radical (unpaired) electrons. The summed E-state index contributed by atoms with van der Waals surface area (Å²) in [5, 5.41) is 9.18. The molecule has 2 atom stereocenters. The van der Waals surface area contributed by atoms with Crippen LogP contribution in [-0.2, 0) is 9.59 Å². The third-order valence-corrected chi connectivity index (χ3v) is 4.05. The van der Waals surface area contributed by atoms with Crippen LogP contribution in [0.5, 0.6) is 0 Å². The van der Waals surface area contributed by atoms with Gasteiger partial charge in [-0.3, -0.25) is 9.59 Å². The highest BCUT2D eigenvalue weighted by Crippen LogP contribution is 2.34. The second-order valence-electron chi connectivity index (χ2n) is 4.03. The lowest BCUT2D eigenvalue weighted by molar-refractivity contribution is -0.122. The number of anilines is 1.